The number of nitrogens with zero attached hydrogens (tertiary/aromatic N) is 1. The number of aromatic nitrogens is 1. The van der Waals surface area contributed by atoms with E-state index in [9.17, 15) is 14.7 Å². The highest BCUT2D eigenvalue weighted by molar-refractivity contribution is 8.01. The summed E-state index contributed by atoms with van der Waals surface area (Å²) in [5, 5.41) is 15.3. The van der Waals surface area contributed by atoms with E-state index >= 15 is 0 Å². The lowest BCUT2D eigenvalue weighted by atomic mass is 9.91. The van der Waals surface area contributed by atoms with Gasteiger partial charge in [-0.25, -0.2) is 4.98 Å². The molecule has 0 radical (unpaired) electrons. The van der Waals surface area contributed by atoms with Gasteiger partial charge in [0, 0.05) is 42.8 Å². The van der Waals surface area contributed by atoms with E-state index in [1.807, 2.05) is 66.7 Å². The molecule has 0 unspecified atom stereocenters. The van der Waals surface area contributed by atoms with Crippen LogP contribution in [0.4, 0.5) is 5.69 Å². The fraction of sp³-hybridized carbons (Fsp3) is 0.382. The number of nitrogens with one attached hydrogen (secondary N) is 2. The Labute approximate surface area is 266 Å². The van der Waals surface area contributed by atoms with Gasteiger partial charge in [0.2, 0.25) is 11.8 Å². The quantitative estimate of drug-likeness (QED) is 0.107. The van der Waals surface area contributed by atoms with Crippen LogP contribution >= 0.6 is 23.1 Å². The summed E-state index contributed by atoms with van der Waals surface area (Å²) in [5.41, 5.74) is 4.50. The largest absolute Gasteiger partial charge is 0.392 e. The molecular weight excluding hydrogens is 595 g/mol. The summed E-state index contributed by atoms with van der Waals surface area (Å²) in [7, 11) is 0. The molecule has 10 heteroatoms. The van der Waals surface area contributed by atoms with E-state index in [1.54, 1.807) is 23.1 Å². The number of carbonyl (C=O) groups excluding carboxylic acids is 2. The molecule has 1 fully saturated rings. The minimum atomic E-state index is -0.581. The van der Waals surface area contributed by atoms with Gasteiger partial charge in [0.25, 0.3) is 0 Å². The number of para-hydroxylation sites is 1. The van der Waals surface area contributed by atoms with Gasteiger partial charge < -0.3 is 25.2 Å². The van der Waals surface area contributed by atoms with Crippen LogP contribution in [0.3, 0.4) is 0 Å². The van der Waals surface area contributed by atoms with Crippen molar-refractivity contribution in [3.8, 4) is 0 Å². The highest BCUT2D eigenvalue weighted by Crippen LogP contribution is 2.43. The lowest BCUT2D eigenvalue weighted by Crippen LogP contribution is -2.38. The number of aliphatic hydroxyl groups is 1. The summed E-state index contributed by atoms with van der Waals surface area (Å²) in [5.74, 6) is 0.737. The molecule has 4 aromatic rings. The maximum absolute atomic E-state index is 12.5. The van der Waals surface area contributed by atoms with Crippen molar-refractivity contribution in [2.24, 2.45) is 5.92 Å². The van der Waals surface area contributed by atoms with Crippen molar-refractivity contribution in [2.45, 2.75) is 69.0 Å². The average molecular weight is 634 g/mol. The number of unbranched alkanes of at least 4 members (excludes halogenated alkanes) is 2. The second-order valence-electron chi connectivity index (χ2n) is 11.0. The molecule has 0 aliphatic carbocycles. The molecule has 5 rings (SSSR count). The molecule has 1 aromatic heterocycles. The highest BCUT2D eigenvalue weighted by Gasteiger charge is 2.38. The van der Waals surface area contributed by atoms with Crippen LogP contribution in [0, 0.1) is 5.92 Å². The molecule has 1 aliphatic heterocycles. The highest BCUT2D eigenvalue weighted by atomic mass is 32.2. The van der Waals surface area contributed by atoms with Crippen LogP contribution in [0.25, 0.3) is 10.2 Å². The van der Waals surface area contributed by atoms with Gasteiger partial charge in [0.1, 0.15) is 0 Å². The number of carbonyl (C=O) groups is 2. The molecule has 3 aromatic carbocycles. The van der Waals surface area contributed by atoms with E-state index in [4.69, 9.17) is 14.5 Å². The van der Waals surface area contributed by atoms with Crippen molar-refractivity contribution in [3.05, 3.63) is 89.5 Å². The summed E-state index contributed by atoms with van der Waals surface area (Å²) in [6.45, 7) is 4.29. The predicted octanol–water partition coefficient (Wildman–Crippen LogP) is 7.01. The van der Waals surface area contributed by atoms with E-state index in [0.29, 0.717) is 13.0 Å². The zero-order valence-corrected chi connectivity index (χ0v) is 26.7. The van der Waals surface area contributed by atoms with Crippen molar-refractivity contribution < 1.29 is 24.2 Å². The molecule has 0 bridgehead atoms. The summed E-state index contributed by atoms with van der Waals surface area (Å²) in [4.78, 5) is 28.2. The molecule has 3 N–H and O–H groups in total. The van der Waals surface area contributed by atoms with Gasteiger partial charge in [-0.15, -0.1) is 11.3 Å². The minimum Gasteiger partial charge on any atom is -0.392 e. The first-order valence-corrected chi connectivity index (χ1v) is 16.8. The Morgan fingerprint density at radius 3 is 2.43 bits per heavy atom. The number of benzene rings is 3. The van der Waals surface area contributed by atoms with Crippen LogP contribution in [0.1, 0.15) is 68.6 Å². The van der Waals surface area contributed by atoms with Crippen molar-refractivity contribution >= 4 is 50.8 Å². The number of fused-ring (bicyclic) bond motifs is 1. The van der Waals surface area contributed by atoms with Crippen LogP contribution in [-0.2, 0) is 25.7 Å². The van der Waals surface area contributed by atoms with Gasteiger partial charge in [-0.2, -0.15) is 0 Å². The first-order valence-electron chi connectivity index (χ1n) is 15.0. The van der Waals surface area contributed by atoms with Gasteiger partial charge in [0.05, 0.1) is 29.0 Å². The Bertz CT molecular complexity index is 1490. The Morgan fingerprint density at radius 2 is 1.70 bits per heavy atom. The third-order valence-corrected chi connectivity index (χ3v) is 9.96. The number of rotatable bonds is 13. The maximum atomic E-state index is 12.5. The Morgan fingerprint density at radius 1 is 0.955 bits per heavy atom. The van der Waals surface area contributed by atoms with Gasteiger partial charge in [-0.3, -0.25) is 9.59 Å². The van der Waals surface area contributed by atoms with E-state index in [-0.39, 0.29) is 36.5 Å². The minimum absolute atomic E-state index is 0.00395. The molecule has 0 spiro atoms. The van der Waals surface area contributed by atoms with Gasteiger partial charge in [-0.05, 0) is 48.2 Å². The van der Waals surface area contributed by atoms with Crippen molar-refractivity contribution in [1.82, 2.24) is 10.3 Å². The van der Waals surface area contributed by atoms with E-state index in [0.717, 1.165) is 57.2 Å². The zero-order chi connectivity index (χ0) is 30.9. The number of aliphatic hydroxyl groups excluding tert-OH is 1. The summed E-state index contributed by atoms with van der Waals surface area (Å²) in [6, 6.07) is 23.7. The molecule has 232 valence electrons. The first kappa shape index (κ1) is 32.1. The average Bonchev–Trinajstić information content (AvgIpc) is 3.46. The third kappa shape index (κ3) is 8.67. The number of ether oxygens (including phenoxy) is 2. The smallest absolute Gasteiger partial charge is 0.224 e. The number of amides is 2. The molecular formula is C34H39N3O5S2. The summed E-state index contributed by atoms with van der Waals surface area (Å²) in [6.07, 6.45) is 2.05. The number of anilines is 1. The second-order valence-corrected chi connectivity index (χ2v) is 13.3. The number of thioether (sulfide) groups is 1. The van der Waals surface area contributed by atoms with Crippen molar-refractivity contribution in [1.29, 1.82) is 0 Å². The van der Waals surface area contributed by atoms with Crippen molar-refractivity contribution in [2.75, 3.05) is 17.6 Å². The summed E-state index contributed by atoms with van der Waals surface area (Å²) >= 11 is 3.40. The summed E-state index contributed by atoms with van der Waals surface area (Å²) < 4.78 is 15.3. The molecule has 2 amide bonds. The van der Waals surface area contributed by atoms with Gasteiger partial charge in [-0.1, -0.05) is 73.6 Å². The molecule has 4 atom stereocenters. The number of hydrogen-bond acceptors (Lipinski definition) is 8. The Kier molecular flexibility index (Phi) is 11.4. The Balaban J connectivity index is 1.23. The second kappa shape index (κ2) is 15.6. The Hall–Kier alpha value is -3.28. The van der Waals surface area contributed by atoms with Crippen LogP contribution < -0.4 is 10.6 Å². The molecule has 0 saturated carbocycles. The SMILES string of the molecule is CC(=O)NCCCCCC(=O)Nc1ccc([C@@H]2O[C@H](CSc3nc4ccccc4s3)[C@H](C)[C@H](c3ccc(CO)cc3)O2)cc1. The normalized spacial score (nSPS) is 20.0. The molecule has 1 aliphatic rings. The fourth-order valence-electron chi connectivity index (χ4n) is 5.17. The van der Waals surface area contributed by atoms with E-state index in [2.05, 4.69) is 23.6 Å². The third-order valence-electron chi connectivity index (χ3n) is 7.69. The van der Waals surface area contributed by atoms with Crippen molar-refractivity contribution in [3.63, 3.8) is 0 Å². The number of hydrogen-bond donors (Lipinski definition) is 3. The van der Waals surface area contributed by atoms with Crippen LogP contribution in [0.2, 0.25) is 0 Å². The lowest BCUT2D eigenvalue weighted by Gasteiger charge is -2.41. The first-order chi connectivity index (χ1) is 21.4. The van der Waals surface area contributed by atoms with Gasteiger partial charge in [0.15, 0.2) is 10.6 Å². The maximum Gasteiger partial charge on any atom is 0.224 e. The van der Waals surface area contributed by atoms with Gasteiger partial charge >= 0.3 is 0 Å². The topological polar surface area (TPSA) is 110 Å². The fourth-order valence-corrected chi connectivity index (χ4v) is 7.43. The van der Waals surface area contributed by atoms with E-state index < -0.39 is 6.29 Å². The van der Waals surface area contributed by atoms with E-state index in [1.165, 1.54) is 11.6 Å². The molecule has 44 heavy (non-hydrogen) atoms. The zero-order valence-electron chi connectivity index (χ0n) is 25.0. The van der Waals surface area contributed by atoms with Crippen LogP contribution in [0.5, 0.6) is 0 Å². The monoisotopic (exact) mass is 633 g/mol. The molecule has 2 heterocycles. The molecule has 1 saturated heterocycles. The van der Waals surface area contributed by atoms with Crippen LogP contribution in [-0.4, -0.2) is 40.3 Å². The molecule has 8 nitrogen and oxygen atoms in total. The lowest BCUT2D eigenvalue weighted by molar-refractivity contribution is -0.268. The number of thiazole rings is 1. The van der Waals surface area contributed by atoms with Crippen LogP contribution in [0.15, 0.2) is 77.1 Å². The standard InChI is InChI=1S/C34H39N3O5S2/c1-22-29(21-43-34-37-28-8-5-6-9-30(28)44-34)41-33(42-32(22)25-13-11-24(20-38)12-14-25)26-15-17-27(18-16-26)36-31(40)10-4-3-7-19-35-23(2)39/h5-6,8-9,11-18,22,29,32-33,38H,3-4,7,10,19-21H2,1-2H3,(H,35,39)(H,36,40)/t22-,29+,32+,33+/m0/s1. The predicted molar refractivity (Wildman–Crippen MR) is 176 cm³/mol.